The predicted octanol–water partition coefficient (Wildman–Crippen LogP) is 7.15. The molecule has 4 aliphatic heterocycles. The number of hydrogen-bond donors (Lipinski definition) is 4. The number of nitrogen functional groups attached to an aromatic ring is 1. The molecule has 2 aromatic carbocycles. The van der Waals surface area contributed by atoms with Gasteiger partial charge in [-0.05, 0) is 86.0 Å². The maximum absolute atomic E-state index is 14.2. The van der Waals surface area contributed by atoms with Crippen LogP contribution in [-0.2, 0) is 14.3 Å². The number of aliphatic hydroxyl groups is 1. The maximum Gasteiger partial charge on any atom is 0.254 e. The number of β-amino-alcohol motifs (C(OH)–C–C–N with tert-alkyl or cyclic N) is 1. The second kappa shape index (κ2) is 22.6. The van der Waals surface area contributed by atoms with Gasteiger partial charge in [-0.25, -0.2) is 9.97 Å². The number of aromatic hydroxyl groups is 1. The second-order valence-electron chi connectivity index (χ2n) is 21.7. The molecule has 5 aliphatic rings. The summed E-state index contributed by atoms with van der Waals surface area (Å²) < 4.78 is 24.8. The number of carbonyl (C=O) groups is 2. The highest BCUT2D eigenvalue weighted by Gasteiger charge is 2.45. The average molecular weight is 1070 g/mol. The van der Waals surface area contributed by atoms with Crippen LogP contribution in [0.1, 0.15) is 94.7 Å². The number of anilines is 3. The van der Waals surface area contributed by atoms with Crippen LogP contribution >= 0.6 is 11.3 Å². The molecule has 8 heterocycles. The van der Waals surface area contributed by atoms with Crippen molar-refractivity contribution in [2.45, 2.75) is 127 Å². The number of carbonyl (C=O) groups excluding carboxylic acids is 2. The Bertz CT molecular complexity index is 3000. The van der Waals surface area contributed by atoms with E-state index in [0.29, 0.717) is 47.7 Å². The van der Waals surface area contributed by atoms with Gasteiger partial charge >= 0.3 is 0 Å². The number of nitrogens with two attached hydrogens (primary N) is 1. The van der Waals surface area contributed by atoms with Crippen molar-refractivity contribution in [1.29, 1.82) is 0 Å². The molecule has 6 aromatic rings. The van der Waals surface area contributed by atoms with Crippen molar-refractivity contribution in [3.05, 3.63) is 102 Å². The molecule has 19 nitrogen and oxygen atoms in total. The van der Waals surface area contributed by atoms with Crippen molar-refractivity contribution in [3.8, 4) is 39.2 Å². The van der Waals surface area contributed by atoms with Gasteiger partial charge < -0.3 is 54.7 Å². The van der Waals surface area contributed by atoms with Crippen LogP contribution in [0.15, 0.2) is 89.0 Å². The smallest absolute Gasteiger partial charge is 0.254 e. The van der Waals surface area contributed by atoms with E-state index in [2.05, 4.69) is 57.5 Å². The zero-order valence-electron chi connectivity index (χ0n) is 44.1. The number of phenolic OH excluding ortho intramolecular Hbond substituents is 1. The number of aromatic nitrogens is 5. The van der Waals surface area contributed by atoms with Crippen LogP contribution in [0.3, 0.4) is 0 Å². The molecule has 4 aromatic heterocycles. The highest BCUT2D eigenvalue weighted by molar-refractivity contribution is 7.13. The number of likely N-dealkylation sites (tertiary alicyclic amines) is 2. The summed E-state index contributed by atoms with van der Waals surface area (Å²) in [5.74, 6) is 0.338. The fourth-order valence-electron chi connectivity index (χ4n) is 11.9. The molecule has 1 saturated carbocycles. The van der Waals surface area contributed by atoms with Crippen LogP contribution in [0, 0.1) is 12.8 Å². The average Bonchev–Trinajstić information content (AvgIpc) is 4.22. The Morgan fingerprint density at radius 3 is 2.38 bits per heavy atom. The number of hydrogen-bond acceptors (Lipinski definition) is 18. The summed E-state index contributed by atoms with van der Waals surface area (Å²) in [7, 11) is 0. The SMILES string of the molecule is Cc1ncsc1-c1ccc([C@H](C)NC(=O)[C@@H]2C[C@@H](O)CN2C(=O)[C@@H](c2cc(OCCN3CCC(OC4CC(Oc5cc(N6C7CC[C@@H]6CN(c6cc(-c8ccccc8O)nnc6N)C7)ccn5)C4)CC3)no2)C(C)C)cc1. The lowest BCUT2D eigenvalue weighted by Gasteiger charge is -2.43. The van der Waals surface area contributed by atoms with Gasteiger partial charge in [0.2, 0.25) is 17.7 Å². The second-order valence-corrected chi connectivity index (χ2v) is 22.6. The van der Waals surface area contributed by atoms with E-state index < -0.39 is 18.1 Å². The molecular weight excluding hydrogens is 999 g/mol. The Kier molecular flexibility index (Phi) is 15.3. The van der Waals surface area contributed by atoms with Crippen molar-refractivity contribution >= 4 is 40.3 Å². The molecule has 2 amide bonds. The third-order valence-electron chi connectivity index (χ3n) is 16.1. The first kappa shape index (κ1) is 52.2. The van der Waals surface area contributed by atoms with Gasteiger partial charge in [0.05, 0.1) is 51.8 Å². The van der Waals surface area contributed by atoms with Crippen LogP contribution in [0.2, 0.25) is 0 Å². The van der Waals surface area contributed by atoms with Gasteiger partial charge in [-0.2, -0.15) is 0 Å². The minimum absolute atomic E-state index is 0.0528. The number of thiazole rings is 1. The molecule has 0 spiro atoms. The molecule has 4 saturated heterocycles. The number of benzene rings is 2. The molecule has 11 rings (SSSR count). The number of aryl methyl sites for hydroxylation is 1. The lowest BCUT2D eigenvalue weighted by molar-refractivity contribution is -0.141. The molecule has 2 bridgehead atoms. The van der Waals surface area contributed by atoms with Crippen molar-refractivity contribution in [3.63, 3.8) is 0 Å². The predicted molar refractivity (Wildman–Crippen MR) is 292 cm³/mol. The number of pyridine rings is 1. The highest BCUT2D eigenvalue weighted by atomic mass is 32.1. The third-order valence-corrected chi connectivity index (χ3v) is 17.1. The van der Waals surface area contributed by atoms with E-state index in [9.17, 15) is 19.8 Å². The van der Waals surface area contributed by atoms with Gasteiger partial charge in [0.15, 0.2) is 11.6 Å². The van der Waals surface area contributed by atoms with Crippen molar-refractivity contribution in [2.75, 3.05) is 61.4 Å². The number of nitrogens with one attached hydrogen (secondary N) is 1. The number of fused-ring (bicyclic) bond motifs is 2. The van der Waals surface area contributed by atoms with Crippen molar-refractivity contribution in [1.82, 2.24) is 40.4 Å². The van der Waals surface area contributed by atoms with E-state index >= 15 is 0 Å². The molecule has 1 unspecified atom stereocenters. The molecule has 5 N–H and O–H groups in total. The summed E-state index contributed by atoms with van der Waals surface area (Å²) in [5.41, 5.74) is 14.4. The highest BCUT2D eigenvalue weighted by Crippen LogP contribution is 2.41. The Balaban J connectivity index is 0.601. The number of piperazine rings is 1. The number of phenols is 1. The minimum atomic E-state index is -0.830. The molecule has 5 fully saturated rings. The number of piperidine rings is 1. The number of rotatable bonds is 18. The molecule has 6 atom stereocenters. The topological polar surface area (TPSA) is 231 Å². The van der Waals surface area contributed by atoms with E-state index in [0.717, 1.165) is 97.8 Å². The zero-order valence-corrected chi connectivity index (χ0v) is 44.9. The van der Waals surface area contributed by atoms with Gasteiger partial charge in [-0.1, -0.05) is 50.2 Å². The summed E-state index contributed by atoms with van der Waals surface area (Å²) in [5, 5.41) is 37.0. The Labute approximate surface area is 452 Å². The van der Waals surface area contributed by atoms with Crippen LogP contribution < -0.4 is 30.3 Å². The van der Waals surface area contributed by atoms with E-state index in [1.807, 2.05) is 81.9 Å². The zero-order chi connectivity index (χ0) is 53.3. The number of ether oxygens (including phenoxy) is 3. The first-order valence-corrected chi connectivity index (χ1v) is 28.0. The summed E-state index contributed by atoms with van der Waals surface area (Å²) in [6.45, 7) is 12.3. The minimum Gasteiger partial charge on any atom is -0.507 e. The van der Waals surface area contributed by atoms with Gasteiger partial charge in [0.25, 0.3) is 5.88 Å². The largest absolute Gasteiger partial charge is 0.507 e. The fraction of sp³-hybridized carbons (Fsp3) is 0.491. The van der Waals surface area contributed by atoms with Gasteiger partial charge in [0, 0.05) is 100 Å². The quantitative estimate of drug-likeness (QED) is 0.0669. The van der Waals surface area contributed by atoms with Crippen LogP contribution in [-0.4, -0.2) is 146 Å². The number of nitrogens with zero attached hydrogens (tertiary/aromatic N) is 9. The Morgan fingerprint density at radius 2 is 1.65 bits per heavy atom. The van der Waals surface area contributed by atoms with Gasteiger partial charge in [-0.15, -0.1) is 21.5 Å². The maximum atomic E-state index is 14.2. The number of aliphatic hydroxyl groups excluding tert-OH is 1. The van der Waals surface area contributed by atoms with E-state index in [1.165, 1.54) is 4.90 Å². The van der Waals surface area contributed by atoms with E-state index in [4.69, 9.17) is 24.5 Å². The summed E-state index contributed by atoms with van der Waals surface area (Å²) in [6, 6.07) is 22.4. The van der Waals surface area contributed by atoms with E-state index in [-0.39, 0.29) is 72.9 Å². The monoisotopic (exact) mass is 1070 g/mol. The number of amides is 2. The Morgan fingerprint density at radius 1 is 0.883 bits per heavy atom. The summed E-state index contributed by atoms with van der Waals surface area (Å²) in [4.78, 5) is 46.7. The van der Waals surface area contributed by atoms with E-state index in [1.54, 1.807) is 29.5 Å². The van der Waals surface area contributed by atoms with Crippen LogP contribution in [0.5, 0.6) is 17.5 Å². The standard InChI is InChI=1S/C57H69N11O8S/c1-33(2)53(57(72)67-31-41(69)24-48(67)56(71)61-34(3)36-9-11-37(12-10-36)54-35(4)60-32-77-54)50-28-52(64-76-50)73-22-21-65-19-16-42(17-20-65)74-43-25-44(26-43)75-51-23-38(15-18-59-51)68-39-13-14-40(68)30-66(29-39)47-27-46(62-63-55(47)58)45-7-5-6-8-49(45)70/h5-12,15,18,23,27-28,32-34,39-44,48,53,69-70H,13-14,16-17,19-22,24-26,29-31H2,1-4H3,(H2,58,63)(H,61,71)/t34-,39+,40?,41+,43?,44?,48-,53+/m0/s1. The van der Waals surface area contributed by atoms with Crippen molar-refractivity contribution in [2.24, 2.45) is 5.92 Å². The molecular formula is C57H69N11O8S. The lowest BCUT2D eigenvalue weighted by atomic mass is 9.91. The first-order valence-electron chi connectivity index (χ1n) is 27.2. The molecule has 77 heavy (non-hydrogen) atoms. The normalized spacial score (nSPS) is 23.5. The summed E-state index contributed by atoms with van der Waals surface area (Å²) in [6.07, 6.45) is 7.23. The summed E-state index contributed by atoms with van der Waals surface area (Å²) >= 11 is 1.59. The lowest BCUT2D eigenvalue weighted by Crippen LogP contribution is -2.54. The first-order chi connectivity index (χ1) is 37.3. The van der Waals surface area contributed by atoms with Gasteiger partial charge in [-0.3, -0.25) is 14.5 Å². The fourth-order valence-corrected chi connectivity index (χ4v) is 12.7. The van der Waals surface area contributed by atoms with Gasteiger partial charge in [0.1, 0.15) is 30.4 Å². The molecule has 1 aliphatic carbocycles. The molecule has 0 radical (unpaired) electrons. The third kappa shape index (κ3) is 11.4. The van der Waals surface area contributed by atoms with Crippen LogP contribution in [0.4, 0.5) is 17.2 Å². The van der Waals surface area contributed by atoms with Crippen LogP contribution in [0.25, 0.3) is 21.7 Å². The van der Waals surface area contributed by atoms with Crippen molar-refractivity contribution < 1.29 is 38.5 Å². The molecule has 406 valence electrons. The Hall–Kier alpha value is -6.87. The molecule has 20 heteroatoms. The number of para-hydroxylation sites is 1.